The Hall–Kier alpha value is -4.86. The SMILES string of the molecule is CN1N=C2CCN(C(=O)C(CC#Cc3cccc(C(F)F)n3)NC(=O)C(C)(C)NC(=O)O)CC2(Cc2ccccc2)C1=O. The largest absolute Gasteiger partial charge is 0.465 e. The van der Waals surface area contributed by atoms with E-state index in [1.165, 1.54) is 42.0 Å². The van der Waals surface area contributed by atoms with Crippen molar-refractivity contribution in [2.75, 3.05) is 20.1 Å². The van der Waals surface area contributed by atoms with Crippen LogP contribution in [0.4, 0.5) is 13.6 Å². The maximum absolute atomic E-state index is 14.0. The number of halogens is 2. The number of carbonyl (C=O) groups excluding carboxylic acids is 3. The van der Waals surface area contributed by atoms with Crippen LogP contribution in [0.3, 0.4) is 0 Å². The Bertz CT molecular complexity index is 1500. The number of piperidine rings is 1. The number of nitrogens with zero attached hydrogens (tertiary/aromatic N) is 4. The number of hydrazone groups is 1. The lowest BCUT2D eigenvalue weighted by molar-refractivity contribution is -0.142. The zero-order valence-electron chi connectivity index (χ0n) is 23.9. The molecule has 1 aromatic heterocycles. The first-order valence-electron chi connectivity index (χ1n) is 13.6. The van der Waals surface area contributed by atoms with Crippen molar-refractivity contribution < 1.29 is 33.1 Å². The van der Waals surface area contributed by atoms with E-state index in [1.807, 2.05) is 30.3 Å². The number of rotatable bonds is 8. The summed E-state index contributed by atoms with van der Waals surface area (Å²) in [6, 6.07) is 12.1. The number of hydrogen-bond donors (Lipinski definition) is 3. The fourth-order valence-electron chi connectivity index (χ4n) is 5.18. The van der Waals surface area contributed by atoms with Crippen LogP contribution < -0.4 is 10.6 Å². The molecular weight excluding hydrogens is 562 g/mol. The van der Waals surface area contributed by atoms with Gasteiger partial charge in [-0.1, -0.05) is 42.3 Å². The van der Waals surface area contributed by atoms with E-state index in [9.17, 15) is 28.0 Å². The third-order valence-corrected chi connectivity index (χ3v) is 7.37. The number of amides is 4. The Morgan fingerprint density at radius 1 is 1.14 bits per heavy atom. The lowest BCUT2D eigenvalue weighted by atomic mass is 9.73. The third kappa shape index (κ3) is 6.97. The summed E-state index contributed by atoms with van der Waals surface area (Å²) in [5, 5.41) is 19.6. The Kier molecular flexibility index (Phi) is 9.08. The number of hydrogen-bond acceptors (Lipinski definition) is 6. The summed E-state index contributed by atoms with van der Waals surface area (Å²) in [5.41, 5.74) is -1.51. The number of carboxylic acid groups (broad SMARTS) is 1. The van der Waals surface area contributed by atoms with Gasteiger partial charge in [0.1, 0.15) is 28.4 Å². The highest BCUT2D eigenvalue weighted by Gasteiger charge is 2.54. The van der Waals surface area contributed by atoms with Gasteiger partial charge in [-0.05, 0) is 43.9 Å². The molecule has 43 heavy (non-hydrogen) atoms. The Balaban J connectivity index is 1.62. The summed E-state index contributed by atoms with van der Waals surface area (Å²) in [5.74, 6) is 3.84. The number of benzene rings is 1. The average molecular weight is 595 g/mol. The van der Waals surface area contributed by atoms with Crippen molar-refractivity contribution in [3.63, 3.8) is 0 Å². The van der Waals surface area contributed by atoms with E-state index in [-0.39, 0.29) is 31.1 Å². The van der Waals surface area contributed by atoms with Crippen molar-refractivity contribution in [1.82, 2.24) is 25.5 Å². The summed E-state index contributed by atoms with van der Waals surface area (Å²) in [4.78, 5) is 57.1. The summed E-state index contributed by atoms with van der Waals surface area (Å²) >= 11 is 0. The highest BCUT2D eigenvalue weighted by molar-refractivity contribution is 6.13. The molecule has 11 nitrogen and oxygen atoms in total. The minimum Gasteiger partial charge on any atom is -0.465 e. The standard InChI is InChI=1S/C30H32F2N6O5/c1-29(2,35-28(42)43)26(40)34-22(14-8-12-20-11-7-13-21(33-20)24(31)32)25(39)38-16-15-23-30(18-38,27(41)37(3)36-23)17-19-9-5-4-6-10-19/h4-7,9-11,13,22,24,35H,14-18H2,1-3H3,(H,34,40)(H,42,43). The topological polar surface area (TPSA) is 144 Å². The first-order valence-corrected chi connectivity index (χ1v) is 13.6. The Labute approximate surface area is 247 Å². The summed E-state index contributed by atoms with van der Waals surface area (Å²) in [6.45, 7) is 2.92. The molecular formula is C30H32F2N6O5. The van der Waals surface area contributed by atoms with Crippen LogP contribution in [0.15, 0.2) is 53.6 Å². The molecule has 226 valence electrons. The zero-order valence-corrected chi connectivity index (χ0v) is 23.9. The Morgan fingerprint density at radius 3 is 2.53 bits per heavy atom. The van der Waals surface area contributed by atoms with Crippen LogP contribution in [0.1, 0.15) is 50.1 Å². The number of alkyl halides is 2. The van der Waals surface area contributed by atoms with Gasteiger partial charge in [0.15, 0.2) is 0 Å². The van der Waals surface area contributed by atoms with Crippen LogP contribution in [0.25, 0.3) is 0 Å². The molecule has 0 saturated carbocycles. The molecule has 1 saturated heterocycles. The molecule has 0 aliphatic carbocycles. The van der Waals surface area contributed by atoms with E-state index in [1.54, 1.807) is 7.05 Å². The Morgan fingerprint density at radius 2 is 1.86 bits per heavy atom. The molecule has 3 N–H and O–H groups in total. The molecule has 0 bridgehead atoms. The number of pyridine rings is 1. The second-order valence-corrected chi connectivity index (χ2v) is 11.0. The zero-order chi connectivity index (χ0) is 31.4. The summed E-state index contributed by atoms with van der Waals surface area (Å²) in [7, 11) is 1.57. The number of nitrogens with one attached hydrogen (secondary N) is 2. The summed E-state index contributed by atoms with van der Waals surface area (Å²) < 4.78 is 26.2. The van der Waals surface area contributed by atoms with Crippen LogP contribution in [0.5, 0.6) is 0 Å². The third-order valence-electron chi connectivity index (χ3n) is 7.37. The quantitative estimate of drug-likeness (QED) is 0.401. The van der Waals surface area contributed by atoms with Gasteiger partial charge in [0.05, 0.1) is 5.71 Å². The lowest BCUT2D eigenvalue weighted by Gasteiger charge is -2.40. The smallest absolute Gasteiger partial charge is 0.405 e. The van der Waals surface area contributed by atoms with E-state index >= 15 is 0 Å². The van der Waals surface area contributed by atoms with Crippen molar-refractivity contribution >= 4 is 29.5 Å². The highest BCUT2D eigenvalue weighted by atomic mass is 19.3. The van der Waals surface area contributed by atoms with Gasteiger partial charge < -0.3 is 20.6 Å². The van der Waals surface area contributed by atoms with Crippen molar-refractivity contribution in [1.29, 1.82) is 0 Å². The minimum atomic E-state index is -2.78. The molecule has 0 radical (unpaired) electrons. The molecule has 1 fully saturated rings. The molecule has 2 unspecified atom stereocenters. The minimum absolute atomic E-state index is 0.0112. The fourth-order valence-corrected chi connectivity index (χ4v) is 5.18. The predicted molar refractivity (Wildman–Crippen MR) is 152 cm³/mol. The highest BCUT2D eigenvalue weighted by Crippen LogP contribution is 2.38. The predicted octanol–water partition coefficient (Wildman–Crippen LogP) is 2.58. The maximum Gasteiger partial charge on any atom is 0.405 e. The number of likely N-dealkylation sites (tertiary alicyclic amines) is 1. The van der Waals surface area contributed by atoms with Crippen molar-refractivity contribution in [3.05, 3.63) is 65.5 Å². The molecule has 4 amide bonds. The van der Waals surface area contributed by atoms with Crippen LogP contribution in [-0.4, -0.2) is 81.2 Å². The van der Waals surface area contributed by atoms with Gasteiger partial charge in [-0.2, -0.15) is 5.10 Å². The van der Waals surface area contributed by atoms with Crippen molar-refractivity contribution in [2.45, 2.75) is 51.1 Å². The van der Waals surface area contributed by atoms with Gasteiger partial charge in [-0.25, -0.2) is 23.6 Å². The molecule has 0 spiro atoms. The van der Waals surface area contributed by atoms with E-state index in [0.29, 0.717) is 18.6 Å². The molecule has 2 aromatic rings. The normalized spacial score (nSPS) is 18.7. The van der Waals surface area contributed by atoms with Gasteiger partial charge >= 0.3 is 6.09 Å². The van der Waals surface area contributed by atoms with Crippen molar-refractivity contribution in [2.24, 2.45) is 10.5 Å². The first kappa shape index (κ1) is 31.1. The van der Waals surface area contributed by atoms with Crippen LogP contribution >= 0.6 is 0 Å². The van der Waals surface area contributed by atoms with Crippen LogP contribution in [0.2, 0.25) is 0 Å². The molecule has 2 aliphatic heterocycles. The average Bonchev–Trinajstić information content (AvgIpc) is 3.20. The van der Waals surface area contributed by atoms with Gasteiger partial charge in [-0.15, -0.1) is 0 Å². The molecule has 3 heterocycles. The molecule has 1 aromatic carbocycles. The van der Waals surface area contributed by atoms with E-state index in [4.69, 9.17) is 5.11 Å². The first-order chi connectivity index (χ1) is 20.3. The van der Waals surface area contributed by atoms with Gasteiger partial charge in [0, 0.05) is 33.0 Å². The number of carbonyl (C=O) groups is 4. The molecule has 2 aliphatic rings. The van der Waals surface area contributed by atoms with Crippen molar-refractivity contribution in [3.8, 4) is 11.8 Å². The van der Waals surface area contributed by atoms with Crippen LogP contribution in [-0.2, 0) is 20.8 Å². The second kappa shape index (κ2) is 12.6. The van der Waals surface area contributed by atoms with E-state index < -0.39 is 47.0 Å². The molecule has 13 heteroatoms. The number of aromatic nitrogens is 1. The van der Waals surface area contributed by atoms with Gasteiger partial charge in [-0.3, -0.25) is 14.4 Å². The van der Waals surface area contributed by atoms with E-state index in [0.717, 1.165) is 5.56 Å². The van der Waals surface area contributed by atoms with Gasteiger partial charge in [0.2, 0.25) is 11.8 Å². The molecule has 4 rings (SSSR count). The maximum atomic E-state index is 14.0. The summed E-state index contributed by atoms with van der Waals surface area (Å²) in [6.07, 6.45) is -3.80. The van der Waals surface area contributed by atoms with Crippen LogP contribution in [0, 0.1) is 17.3 Å². The second-order valence-electron chi connectivity index (χ2n) is 11.0. The fraction of sp³-hybridized carbons (Fsp3) is 0.400. The number of fused-ring (bicyclic) bond motifs is 1. The van der Waals surface area contributed by atoms with E-state index in [2.05, 4.69) is 32.6 Å². The monoisotopic (exact) mass is 594 g/mol. The molecule has 2 atom stereocenters. The van der Waals surface area contributed by atoms with Gasteiger partial charge in [0.25, 0.3) is 12.3 Å². The lowest BCUT2D eigenvalue weighted by Crippen LogP contribution is -2.61.